The molecule has 0 bridgehead atoms. The SMILES string of the molecule is CCOC(=O)[C@H]1C[C@@H](Cl)[C@@H](Sc2ccccc2)C[C@H]1C(=O)OCC. The van der Waals surface area contributed by atoms with E-state index in [-0.39, 0.29) is 22.6 Å². The van der Waals surface area contributed by atoms with Gasteiger partial charge < -0.3 is 9.47 Å². The first-order chi connectivity index (χ1) is 11.6. The number of carbonyl (C=O) groups is 2. The monoisotopic (exact) mass is 370 g/mol. The van der Waals surface area contributed by atoms with Crippen molar-refractivity contribution >= 4 is 35.3 Å². The summed E-state index contributed by atoms with van der Waals surface area (Å²) in [6, 6.07) is 9.94. The standard InChI is InChI=1S/C18H23ClO4S/c1-3-22-17(20)13-10-15(19)16(11-14(13)18(21)23-4-2)24-12-8-6-5-7-9-12/h5-9,13-16H,3-4,10-11H2,1-2H3/t13-,14+,15+,16-/m0/s1. The lowest BCUT2D eigenvalue weighted by atomic mass is 9.78. The third kappa shape index (κ3) is 4.90. The maximum Gasteiger partial charge on any atom is 0.309 e. The minimum atomic E-state index is -0.529. The van der Waals surface area contributed by atoms with Crippen molar-refractivity contribution in [1.82, 2.24) is 0 Å². The highest BCUT2D eigenvalue weighted by molar-refractivity contribution is 8.00. The zero-order valence-corrected chi connectivity index (χ0v) is 15.5. The summed E-state index contributed by atoms with van der Waals surface area (Å²) in [4.78, 5) is 25.7. The zero-order valence-electron chi connectivity index (χ0n) is 13.9. The van der Waals surface area contributed by atoms with E-state index in [2.05, 4.69) is 0 Å². The molecular weight excluding hydrogens is 348 g/mol. The average molecular weight is 371 g/mol. The van der Waals surface area contributed by atoms with Gasteiger partial charge in [0.25, 0.3) is 0 Å². The van der Waals surface area contributed by atoms with Crippen LogP contribution in [-0.2, 0) is 19.1 Å². The summed E-state index contributed by atoms with van der Waals surface area (Å²) >= 11 is 8.19. The summed E-state index contributed by atoms with van der Waals surface area (Å²) in [5.41, 5.74) is 0. The van der Waals surface area contributed by atoms with Crippen LogP contribution in [-0.4, -0.2) is 35.8 Å². The molecule has 0 amide bonds. The molecule has 1 aromatic carbocycles. The Morgan fingerprint density at radius 3 is 2.12 bits per heavy atom. The molecular formula is C18H23ClO4S. The third-order valence-electron chi connectivity index (χ3n) is 4.06. The molecule has 1 aliphatic rings. The number of ether oxygens (including phenoxy) is 2. The molecule has 4 atom stereocenters. The van der Waals surface area contributed by atoms with Crippen LogP contribution < -0.4 is 0 Å². The number of hydrogen-bond donors (Lipinski definition) is 0. The summed E-state index contributed by atoms with van der Waals surface area (Å²) in [6.07, 6.45) is 0.935. The van der Waals surface area contributed by atoms with Crippen molar-refractivity contribution in [3.63, 3.8) is 0 Å². The highest BCUT2D eigenvalue weighted by Crippen LogP contribution is 2.42. The molecule has 0 N–H and O–H groups in total. The summed E-state index contributed by atoms with van der Waals surface area (Å²) in [7, 11) is 0. The predicted molar refractivity (Wildman–Crippen MR) is 95.2 cm³/mol. The lowest BCUT2D eigenvalue weighted by Gasteiger charge is -2.36. The minimum absolute atomic E-state index is 0.0501. The Kier molecular flexibility index (Phi) is 7.43. The van der Waals surface area contributed by atoms with Gasteiger partial charge >= 0.3 is 11.9 Å². The fourth-order valence-corrected chi connectivity index (χ4v) is 4.61. The molecule has 0 heterocycles. The first kappa shape index (κ1) is 19.1. The molecule has 0 radical (unpaired) electrons. The normalized spacial score (nSPS) is 26.6. The molecule has 132 valence electrons. The fraction of sp³-hybridized carbons (Fsp3) is 0.556. The number of rotatable bonds is 6. The molecule has 0 unspecified atom stereocenters. The quantitative estimate of drug-likeness (QED) is 0.561. The second kappa shape index (κ2) is 9.33. The van der Waals surface area contributed by atoms with Gasteiger partial charge in [-0.3, -0.25) is 9.59 Å². The van der Waals surface area contributed by atoms with Crippen LogP contribution in [0.25, 0.3) is 0 Å². The number of alkyl halides is 1. The van der Waals surface area contributed by atoms with Crippen LogP contribution in [0, 0.1) is 11.8 Å². The van der Waals surface area contributed by atoms with Gasteiger partial charge in [-0.15, -0.1) is 23.4 Å². The highest BCUT2D eigenvalue weighted by atomic mass is 35.5. The van der Waals surface area contributed by atoms with Gasteiger partial charge in [0.15, 0.2) is 0 Å². The first-order valence-corrected chi connectivity index (χ1v) is 9.57. The van der Waals surface area contributed by atoms with Crippen molar-refractivity contribution < 1.29 is 19.1 Å². The van der Waals surface area contributed by atoms with Crippen LogP contribution in [0.4, 0.5) is 0 Å². The lowest BCUT2D eigenvalue weighted by molar-refractivity contribution is -0.162. The van der Waals surface area contributed by atoms with E-state index in [9.17, 15) is 9.59 Å². The zero-order chi connectivity index (χ0) is 17.5. The van der Waals surface area contributed by atoms with Crippen LogP contribution in [0.3, 0.4) is 0 Å². The van der Waals surface area contributed by atoms with Gasteiger partial charge in [-0.1, -0.05) is 18.2 Å². The average Bonchev–Trinajstić information content (AvgIpc) is 2.57. The second-order valence-corrected chi connectivity index (χ2v) is 7.55. The summed E-state index contributed by atoms with van der Waals surface area (Å²) < 4.78 is 10.3. The van der Waals surface area contributed by atoms with E-state index in [1.165, 1.54) is 0 Å². The van der Waals surface area contributed by atoms with E-state index >= 15 is 0 Å². The Bertz CT molecular complexity index is 551. The molecule has 6 heteroatoms. The van der Waals surface area contributed by atoms with Crippen molar-refractivity contribution in [2.75, 3.05) is 13.2 Å². The molecule has 2 rings (SSSR count). The highest BCUT2D eigenvalue weighted by Gasteiger charge is 2.45. The number of esters is 2. The van der Waals surface area contributed by atoms with Crippen LogP contribution in [0.1, 0.15) is 26.7 Å². The number of hydrogen-bond acceptors (Lipinski definition) is 5. The Labute approximate surface area is 152 Å². The van der Waals surface area contributed by atoms with Gasteiger partial charge in [-0.2, -0.15) is 0 Å². The third-order valence-corrected chi connectivity index (χ3v) is 6.06. The van der Waals surface area contributed by atoms with Crippen molar-refractivity contribution in [2.45, 2.75) is 42.2 Å². The molecule has 24 heavy (non-hydrogen) atoms. The first-order valence-electron chi connectivity index (χ1n) is 8.25. The number of thioether (sulfide) groups is 1. The number of benzene rings is 1. The van der Waals surface area contributed by atoms with E-state index in [1.807, 2.05) is 30.3 Å². The Morgan fingerprint density at radius 1 is 1.04 bits per heavy atom. The minimum Gasteiger partial charge on any atom is -0.466 e. The van der Waals surface area contributed by atoms with Gasteiger partial charge in [0, 0.05) is 15.5 Å². The predicted octanol–water partition coefficient (Wildman–Crippen LogP) is 3.91. The van der Waals surface area contributed by atoms with Crippen molar-refractivity contribution in [2.24, 2.45) is 11.8 Å². The van der Waals surface area contributed by atoms with E-state index in [4.69, 9.17) is 21.1 Å². The maximum absolute atomic E-state index is 12.3. The van der Waals surface area contributed by atoms with Crippen LogP contribution in [0.15, 0.2) is 35.2 Å². The van der Waals surface area contributed by atoms with Gasteiger partial charge in [-0.05, 0) is 38.8 Å². The lowest BCUT2D eigenvalue weighted by Crippen LogP contribution is -2.43. The van der Waals surface area contributed by atoms with E-state index in [0.29, 0.717) is 26.1 Å². The summed E-state index contributed by atoms with van der Waals surface area (Å²) in [6.45, 7) is 4.11. The number of carbonyl (C=O) groups excluding carboxylic acids is 2. The van der Waals surface area contributed by atoms with E-state index < -0.39 is 11.8 Å². The van der Waals surface area contributed by atoms with E-state index in [0.717, 1.165) is 4.90 Å². The van der Waals surface area contributed by atoms with Gasteiger partial charge in [0.05, 0.1) is 25.0 Å². The summed E-state index contributed by atoms with van der Waals surface area (Å²) in [5, 5.41) is -0.149. The molecule has 0 aromatic heterocycles. The smallest absolute Gasteiger partial charge is 0.309 e. The molecule has 1 fully saturated rings. The topological polar surface area (TPSA) is 52.6 Å². The van der Waals surface area contributed by atoms with Gasteiger partial charge in [0.1, 0.15) is 0 Å². The van der Waals surface area contributed by atoms with Crippen LogP contribution in [0.2, 0.25) is 0 Å². The molecule has 0 spiro atoms. The van der Waals surface area contributed by atoms with Gasteiger partial charge in [0.2, 0.25) is 0 Å². The Balaban J connectivity index is 2.14. The Morgan fingerprint density at radius 2 is 1.58 bits per heavy atom. The molecule has 0 saturated heterocycles. The molecule has 4 nitrogen and oxygen atoms in total. The molecule has 0 aliphatic heterocycles. The van der Waals surface area contributed by atoms with Crippen molar-refractivity contribution in [3.05, 3.63) is 30.3 Å². The van der Waals surface area contributed by atoms with Crippen LogP contribution in [0.5, 0.6) is 0 Å². The second-order valence-electron chi connectivity index (χ2n) is 5.67. The van der Waals surface area contributed by atoms with Crippen molar-refractivity contribution in [1.29, 1.82) is 0 Å². The fourth-order valence-electron chi connectivity index (χ4n) is 2.94. The summed E-state index contributed by atoms with van der Waals surface area (Å²) in [5.74, 6) is -1.72. The largest absolute Gasteiger partial charge is 0.466 e. The van der Waals surface area contributed by atoms with Crippen molar-refractivity contribution in [3.8, 4) is 0 Å². The molecule has 1 saturated carbocycles. The van der Waals surface area contributed by atoms with Gasteiger partial charge in [-0.25, -0.2) is 0 Å². The molecule has 1 aromatic rings. The maximum atomic E-state index is 12.3. The van der Waals surface area contributed by atoms with Crippen LogP contribution >= 0.6 is 23.4 Å². The Hall–Kier alpha value is -1.20. The molecule has 1 aliphatic carbocycles. The van der Waals surface area contributed by atoms with E-state index in [1.54, 1.807) is 25.6 Å². The number of halogens is 1.